The van der Waals surface area contributed by atoms with Crippen molar-refractivity contribution in [3.8, 4) is 5.75 Å². The van der Waals surface area contributed by atoms with Gasteiger partial charge in [0.1, 0.15) is 5.75 Å². The van der Waals surface area contributed by atoms with Gasteiger partial charge in [0.15, 0.2) is 5.78 Å². The zero-order chi connectivity index (χ0) is 14.0. The average Bonchev–Trinajstić information content (AvgIpc) is 2.37. The number of nitrogens with zero attached hydrogens (tertiary/aromatic N) is 1. The third-order valence-corrected chi connectivity index (χ3v) is 4.03. The van der Waals surface area contributed by atoms with E-state index in [2.05, 4.69) is 18.7 Å². The molecule has 0 aromatic heterocycles. The van der Waals surface area contributed by atoms with Crippen LogP contribution in [-0.4, -0.2) is 26.0 Å². The van der Waals surface area contributed by atoms with E-state index >= 15 is 0 Å². The van der Waals surface area contributed by atoms with Crippen molar-refractivity contribution in [2.75, 3.05) is 25.1 Å². The van der Waals surface area contributed by atoms with E-state index < -0.39 is 0 Å². The lowest BCUT2D eigenvalue weighted by Gasteiger charge is -2.39. The molecule has 1 aromatic carbocycles. The van der Waals surface area contributed by atoms with Gasteiger partial charge < -0.3 is 9.64 Å². The Morgan fingerprint density at radius 2 is 1.89 bits per heavy atom. The Bertz CT molecular complexity index is 470. The SMILES string of the molecule is COc1cccc(N2CCC(C)(C)CC2)c1C(C)=O. The molecule has 0 atom stereocenters. The summed E-state index contributed by atoms with van der Waals surface area (Å²) in [5.41, 5.74) is 2.14. The fraction of sp³-hybridized carbons (Fsp3) is 0.562. The predicted molar refractivity (Wildman–Crippen MR) is 78.2 cm³/mol. The van der Waals surface area contributed by atoms with Gasteiger partial charge >= 0.3 is 0 Å². The van der Waals surface area contributed by atoms with Gasteiger partial charge in [0.25, 0.3) is 0 Å². The van der Waals surface area contributed by atoms with Gasteiger partial charge in [-0.15, -0.1) is 0 Å². The first-order valence-electron chi connectivity index (χ1n) is 6.87. The van der Waals surface area contributed by atoms with Crippen LogP contribution in [-0.2, 0) is 0 Å². The summed E-state index contributed by atoms with van der Waals surface area (Å²) in [4.78, 5) is 14.2. The van der Waals surface area contributed by atoms with Crippen LogP contribution in [0.15, 0.2) is 18.2 Å². The summed E-state index contributed by atoms with van der Waals surface area (Å²) in [5.74, 6) is 0.743. The normalized spacial score (nSPS) is 18.2. The molecular formula is C16H23NO2. The molecule has 3 nitrogen and oxygen atoms in total. The molecule has 0 amide bonds. The van der Waals surface area contributed by atoms with Crippen molar-refractivity contribution >= 4 is 11.5 Å². The van der Waals surface area contributed by atoms with E-state index in [0.29, 0.717) is 16.7 Å². The molecule has 0 aliphatic carbocycles. The summed E-state index contributed by atoms with van der Waals surface area (Å²) >= 11 is 0. The highest BCUT2D eigenvalue weighted by Gasteiger charge is 2.27. The van der Waals surface area contributed by atoms with Gasteiger partial charge in [0, 0.05) is 13.1 Å². The number of Topliss-reactive ketones (excluding diaryl/α,β-unsaturated/α-hetero) is 1. The van der Waals surface area contributed by atoms with Crippen molar-refractivity contribution in [3.63, 3.8) is 0 Å². The highest BCUT2D eigenvalue weighted by atomic mass is 16.5. The van der Waals surface area contributed by atoms with Crippen LogP contribution in [0, 0.1) is 5.41 Å². The largest absolute Gasteiger partial charge is 0.496 e. The predicted octanol–water partition coefficient (Wildman–Crippen LogP) is 3.52. The van der Waals surface area contributed by atoms with Gasteiger partial charge in [-0.05, 0) is 37.3 Å². The van der Waals surface area contributed by atoms with Gasteiger partial charge in [-0.1, -0.05) is 19.9 Å². The van der Waals surface area contributed by atoms with Gasteiger partial charge in [0.2, 0.25) is 0 Å². The molecular weight excluding hydrogens is 238 g/mol. The minimum atomic E-state index is 0.0669. The second kappa shape index (κ2) is 5.24. The number of benzene rings is 1. The van der Waals surface area contributed by atoms with Crippen molar-refractivity contribution in [1.82, 2.24) is 0 Å². The lowest BCUT2D eigenvalue weighted by molar-refractivity contribution is 0.101. The lowest BCUT2D eigenvalue weighted by atomic mass is 9.82. The first-order valence-corrected chi connectivity index (χ1v) is 6.87. The number of piperidine rings is 1. The van der Waals surface area contributed by atoms with Crippen molar-refractivity contribution < 1.29 is 9.53 Å². The van der Waals surface area contributed by atoms with Crippen LogP contribution in [0.25, 0.3) is 0 Å². The number of rotatable bonds is 3. The molecule has 1 saturated heterocycles. The number of carbonyl (C=O) groups excluding carboxylic acids is 1. The van der Waals surface area contributed by atoms with Gasteiger partial charge in [-0.2, -0.15) is 0 Å². The smallest absolute Gasteiger partial charge is 0.165 e. The molecule has 0 radical (unpaired) electrons. The molecule has 1 fully saturated rings. The summed E-state index contributed by atoms with van der Waals surface area (Å²) in [6, 6.07) is 5.84. The van der Waals surface area contributed by atoms with E-state index in [9.17, 15) is 4.79 Å². The molecule has 0 N–H and O–H groups in total. The Labute approximate surface area is 115 Å². The molecule has 0 saturated carbocycles. The minimum absolute atomic E-state index is 0.0669. The zero-order valence-corrected chi connectivity index (χ0v) is 12.3. The Hall–Kier alpha value is -1.51. The van der Waals surface area contributed by atoms with Crippen LogP contribution in [0.5, 0.6) is 5.75 Å². The minimum Gasteiger partial charge on any atom is -0.496 e. The van der Waals surface area contributed by atoms with Crippen LogP contribution in [0.1, 0.15) is 44.0 Å². The maximum atomic E-state index is 11.9. The average molecular weight is 261 g/mol. The molecule has 104 valence electrons. The van der Waals surface area contributed by atoms with Crippen molar-refractivity contribution in [1.29, 1.82) is 0 Å². The Morgan fingerprint density at radius 1 is 1.26 bits per heavy atom. The maximum absolute atomic E-state index is 11.9. The lowest BCUT2D eigenvalue weighted by Crippen LogP contribution is -2.38. The molecule has 0 bridgehead atoms. The summed E-state index contributed by atoms with van der Waals surface area (Å²) in [5, 5.41) is 0. The molecule has 2 rings (SSSR count). The van der Waals surface area contributed by atoms with Crippen molar-refractivity contribution in [2.24, 2.45) is 5.41 Å². The first-order chi connectivity index (χ1) is 8.94. The van der Waals surface area contributed by atoms with Gasteiger partial charge in [-0.3, -0.25) is 4.79 Å². The molecule has 0 spiro atoms. The Kier molecular flexibility index (Phi) is 3.83. The fourth-order valence-corrected chi connectivity index (χ4v) is 2.66. The van der Waals surface area contributed by atoms with Gasteiger partial charge in [0.05, 0.1) is 18.4 Å². The van der Waals surface area contributed by atoms with Crippen LogP contribution in [0.2, 0.25) is 0 Å². The summed E-state index contributed by atoms with van der Waals surface area (Å²) < 4.78 is 5.33. The third kappa shape index (κ3) is 2.91. The van der Waals surface area contributed by atoms with Crippen LogP contribution in [0.3, 0.4) is 0 Å². The Balaban J connectivity index is 2.32. The number of hydrogen-bond donors (Lipinski definition) is 0. The highest BCUT2D eigenvalue weighted by Crippen LogP contribution is 2.36. The van der Waals surface area contributed by atoms with E-state index in [1.807, 2.05) is 18.2 Å². The number of carbonyl (C=O) groups is 1. The van der Waals surface area contributed by atoms with E-state index in [0.717, 1.165) is 31.6 Å². The second-order valence-corrected chi connectivity index (χ2v) is 6.06. The molecule has 0 unspecified atom stereocenters. The topological polar surface area (TPSA) is 29.5 Å². The molecule has 1 heterocycles. The monoisotopic (exact) mass is 261 g/mol. The van der Waals surface area contributed by atoms with Crippen LogP contribution in [0.4, 0.5) is 5.69 Å². The van der Waals surface area contributed by atoms with E-state index in [1.54, 1.807) is 14.0 Å². The number of ether oxygens (including phenoxy) is 1. The molecule has 1 aliphatic heterocycles. The Morgan fingerprint density at radius 3 is 2.42 bits per heavy atom. The first kappa shape index (κ1) is 13.9. The number of ketones is 1. The summed E-state index contributed by atoms with van der Waals surface area (Å²) in [7, 11) is 1.62. The quantitative estimate of drug-likeness (QED) is 0.780. The summed E-state index contributed by atoms with van der Waals surface area (Å²) in [6.45, 7) is 8.22. The number of methoxy groups -OCH3 is 1. The number of anilines is 1. The van der Waals surface area contributed by atoms with Crippen molar-refractivity contribution in [2.45, 2.75) is 33.6 Å². The summed E-state index contributed by atoms with van der Waals surface area (Å²) in [6.07, 6.45) is 2.31. The molecule has 1 aromatic rings. The van der Waals surface area contributed by atoms with Crippen LogP contribution >= 0.6 is 0 Å². The third-order valence-electron chi connectivity index (χ3n) is 4.03. The highest BCUT2D eigenvalue weighted by molar-refractivity contribution is 6.02. The van der Waals surface area contributed by atoms with Crippen molar-refractivity contribution in [3.05, 3.63) is 23.8 Å². The standard InChI is InChI=1S/C16H23NO2/c1-12(18)15-13(6-5-7-14(15)19-4)17-10-8-16(2,3)9-11-17/h5-7H,8-11H2,1-4H3. The molecule has 1 aliphatic rings. The zero-order valence-electron chi connectivity index (χ0n) is 12.3. The van der Waals surface area contributed by atoms with Crippen LogP contribution < -0.4 is 9.64 Å². The van der Waals surface area contributed by atoms with E-state index in [-0.39, 0.29) is 5.78 Å². The second-order valence-electron chi connectivity index (χ2n) is 6.06. The molecule has 3 heteroatoms. The fourth-order valence-electron chi connectivity index (χ4n) is 2.66. The van der Waals surface area contributed by atoms with E-state index in [4.69, 9.17) is 4.74 Å². The van der Waals surface area contributed by atoms with E-state index in [1.165, 1.54) is 0 Å². The van der Waals surface area contributed by atoms with Gasteiger partial charge in [-0.25, -0.2) is 0 Å². The molecule has 19 heavy (non-hydrogen) atoms. The number of hydrogen-bond acceptors (Lipinski definition) is 3. The maximum Gasteiger partial charge on any atom is 0.165 e.